The number of hydrogen-bond donors (Lipinski definition) is 2. The first-order valence-corrected chi connectivity index (χ1v) is 11.3. The number of nitrogens with one attached hydrogen (secondary N) is 2. The van der Waals surface area contributed by atoms with E-state index in [0.29, 0.717) is 6.61 Å². The molecule has 5 rings (SSSR count). The molecule has 4 aromatic rings. The maximum Gasteiger partial charge on any atom is 0.120 e. The molecule has 2 N–H and O–H groups in total. The van der Waals surface area contributed by atoms with Gasteiger partial charge in [0.2, 0.25) is 0 Å². The third-order valence-electron chi connectivity index (χ3n) is 5.45. The number of hydrogen-bond acceptors (Lipinski definition) is 2. The fraction of sp³-hybridized carbons (Fsp3) is 0.167. The van der Waals surface area contributed by atoms with Gasteiger partial charge in [0.1, 0.15) is 12.4 Å². The Balaban J connectivity index is 1.48. The molecule has 0 spiro atoms. The molecular formula is C24H20Br2N2O. The van der Waals surface area contributed by atoms with Crippen LogP contribution in [0, 0.1) is 0 Å². The van der Waals surface area contributed by atoms with Gasteiger partial charge in [0.25, 0.3) is 0 Å². The first kappa shape index (κ1) is 18.9. The molecule has 3 aromatic carbocycles. The number of rotatable bonds is 4. The smallest absolute Gasteiger partial charge is 0.120 e. The lowest BCUT2D eigenvalue weighted by molar-refractivity contribution is 0.306. The van der Waals surface area contributed by atoms with Crippen molar-refractivity contribution in [2.24, 2.45) is 0 Å². The van der Waals surface area contributed by atoms with Gasteiger partial charge in [0.05, 0.1) is 6.04 Å². The molecule has 0 radical (unpaired) electrons. The summed E-state index contributed by atoms with van der Waals surface area (Å²) in [5.74, 6) is 0.907. The summed E-state index contributed by atoms with van der Waals surface area (Å²) in [7, 11) is 0. The predicted molar refractivity (Wildman–Crippen MR) is 124 cm³/mol. The van der Waals surface area contributed by atoms with Crippen LogP contribution in [0.25, 0.3) is 10.9 Å². The summed E-state index contributed by atoms with van der Waals surface area (Å²) in [6.07, 6.45) is 1.01. The highest BCUT2D eigenvalue weighted by atomic mass is 79.9. The molecule has 1 atom stereocenters. The van der Waals surface area contributed by atoms with Crippen molar-refractivity contribution in [2.75, 3.05) is 6.54 Å². The SMILES string of the molecule is Brc1ccc(C2NCCc3c2[nH]c2ccc(OCc4ccccc4)cc32)cc1Br. The van der Waals surface area contributed by atoms with E-state index in [9.17, 15) is 0 Å². The molecule has 5 heteroatoms. The molecule has 1 aliphatic rings. The Bertz CT molecular complexity index is 1170. The minimum atomic E-state index is 0.157. The van der Waals surface area contributed by atoms with Crippen molar-refractivity contribution >= 4 is 42.8 Å². The maximum absolute atomic E-state index is 6.06. The van der Waals surface area contributed by atoms with Crippen molar-refractivity contribution in [1.29, 1.82) is 0 Å². The first-order chi connectivity index (χ1) is 14.2. The van der Waals surface area contributed by atoms with Crippen LogP contribution in [-0.2, 0) is 13.0 Å². The predicted octanol–water partition coefficient (Wildman–Crippen LogP) is 6.51. The molecule has 0 fully saturated rings. The molecule has 0 saturated carbocycles. The van der Waals surface area contributed by atoms with Crippen LogP contribution in [0.4, 0.5) is 0 Å². The average Bonchev–Trinajstić information content (AvgIpc) is 3.13. The Morgan fingerprint density at radius 1 is 0.931 bits per heavy atom. The van der Waals surface area contributed by atoms with Crippen molar-refractivity contribution in [3.63, 3.8) is 0 Å². The van der Waals surface area contributed by atoms with Gasteiger partial charge < -0.3 is 15.0 Å². The fourth-order valence-electron chi connectivity index (χ4n) is 4.01. The molecule has 2 heterocycles. The second-order valence-corrected chi connectivity index (χ2v) is 9.02. The van der Waals surface area contributed by atoms with Crippen molar-refractivity contribution in [1.82, 2.24) is 10.3 Å². The zero-order valence-electron chi connectivity index (χ0n) is 15.7. The van der Waals surface area contributed by atoms with Gasteiger partial charge in [-0.2, -0.15) is 0 Å². The lowest BCUT2D eigenvalue weighted by atomic mass is 9.94. The lowest BCUT2D eigenvalue weighted by Crippen LogP contribution is -2.30. The van der Waals surface area contributed by atoms with Crippen molar-refractivity contribution in [3.05, 3.63) is 98.1 Å². The number of fused-ring (bicyclic) bond motifs is 3. The molecule has 146 valence electrons. The minimum absolute atomic E-state index is 0.157. The number of aromatic nitrogens is 1. The summed E-state index contributed by atoms with van der Waals surface area (Å²) in [5, 5.41) is 4.92. The molecule has 0 bridgehead atoms. The fourth-order valence-corrected chi connectivity index (χ4v) is 4.66. The van der Waals surface area contributed by atoms with Crippen molar-refractivity contribution < 1.29 is 4.74 Å². The van der Waals surface area contributed by atoms with Crippen LogP contribution in [0.1, 0.15) is 28.4 Å². The van der Waals surface area contributed by atoms with Crippen LogP contribution in [-0.4, -0.2) is 11.5 Å². The highest BCUT2D eigenvalue weighted by molar-refractivity contribution is 9.13. The summed E-state index contributed by atoms with van der Waals surface area (Å²) >= 11 is 7.20. The van der Waals surface area contributed by atoms with Crippen molar-refractivity contribution in [2.45, 2.75) is 19.1 Å². The van der Waals surface area contributed by atoms with E-state index in [-0.39, 0.29) is 6.04 Å². The van der Waals surface area contributed by atoms with Gasteiger partial charge in [-0.05, 0) is 85.3 Å². The van der Waals surface area contributed by atoms with Gasteiger partial charge in [-0.25, -0.2) is 0 Å². The first-order valence-electron chi connectivity index (χ1n) is 9.68. The molecule has 1 aromatic heterocycles. The number of halogens is 2. The second kappa shape index (κ2) is 7.98. The Kier molecular flexibility index (Phi) is 5.20. The molecule has 0 amide bonds. The minimum Gasteiger partial charge on any atom is -0.489 e. The molecule has 1 aliphatic heterocycles. The number of aromatic amines is 1. The Labute approximate surface area is 186 Å². The number of benzene rings is 3. The van der Waals surface area contributed by atoms with E-state index >= 15 is 0 Å². The topological polar surface area (TPSA) is 37.0 Å². The number of ether oxygens (including phenoxy) is 1. The third kappa shape index (κ3) is 3.75. The highest BCUT2D eigenvalue weighted by Crippen LogP contribution is 2.36. The van der Waals surface area contributed by atoms with E-state index in [2.05, 4.69) is 84.6 Å². The molecule has 0 saturated heterocycles. The van der Waals surface area contributed by atoms with Gasteiger partial charge >= 0.3 is 0 Å². The molecule has 29 heavy (non-hydrogen) atoms. The van der Waals surface area contributed by atoms with E-state index in [1.165, 1.54) is 27.8 Å². The highest BCUT2D eigenvalue weighted by Gasteiger charge is 2.25. The normalized spacial score (nSPS) is 16.0. The lowest BCUT2D eigenvalue weighted by Gasteiger charge is -2.25. The van der Waals surface area contributed by atoms with E-state index in [0.717, 1.165) is 33.2 Å². The summed E-state index contributed by atoms with van der Waals surface area (Å²) in [4.78, 5) is 3.65. The van der Waals surface area contributed by atoms with Crippen LogP contribution >= 0.6 is 31.9 Å². The molecule has 1 unspecified atom stereocenters. The van der Waals surface area contributed by atoms with Gasteiger partial charge in [0.15, 0.2) is 0 Å². The van der Waals surface area contributed by atoms with Crippen LogP contribution < -0.4 is 10.1 Å². The van der Waals surface area contributed by atoms with Gasteiger partial charge in [0, 0.05) is 32.1 Å². The van der Waals surface area contributed by atoms with Crippen LogP contribution in [0.3, 0.4) is 0 Å². The van der Waals surface area contributed by atoms with Gasteiger partial charge in [-0.3, -0.25) is 0 Å². The largest absolute Gasteiger partial charge is 0.489 e. The number of H-pyrrole nitrogens is 1. The second-order valence-electron chi connectivity index (χ2n) is 7.31. The molecular weight excluding hydrogens is 492 g/mol. The van der Waals surface area contributed by atoms with E-state index in [1.54, 1.807) is 0 Å². The maximum atomic E-state index is 6.06. The standard InChI is InChI=1S/C24H20Br2N2O/c25-20-8-6-16(12-21(20)26)23-24-18(10-11-27-23)19-13-17(7-9-22(19)28-24)29-14-15-4-2-1-3-5-15/h1-9,12-13,23,27-28H,10-11,14H2. The van der Waals surface area contributed by atoms with Crippen LogP contribution in [0.15, 0.2) is 75.7 Å². The summed E-state index contributed by atoms with van der Waals surface area (Å²) < 4.78 is 8.19. The summed E-state index contributed by atoms with van der Waals surface area (Å²) in [6.45, 7) is 1.53. The third-order valence-corrected chi connectivity index (χ3v) is 7.33. The van der Waals surface area contributed by atoms with Crippen molar-refractivity contribution in [3.8, 4) is 5.75 Å². The summed E-state index contributed by atoms with van der Waals surface area (Å²) in [5.41, 5.74) is 6.21. The Hall–Kier alpha value is -2.08. The summed E-state index contributed by atoms with van der Waals surface area (Å²) in [6, 6.07) is 23.2. The van der Waals surface area contributed by atoms with E-state index in [4.69, 9.17) is 4.74 Å². The molecule has 0 aliphatic carbocycles. The Morgan fingerprint density at radius 3 is 2.62 bits per heavy atom. The Morgan fingerprint density at radius 2 is 1.79 bits per heavy atom. The van der Waals surface area contributed by atoms with Gasteiger partial charge in [-0.15, -0.1) is 0 Å². The van der Waals surface area contributed by atoms with Crippen LogP contribution in [0.5, 0.6) is 5.75 Å². The zero-order valence-corrected chi connectivity index (χ0v) is 18.9. The van der Waals surface area contributed by atoms with Gasteiger partial charge in [-0.1, -0.05) is 36.4 Å². The quantitative estimate of drug-likeness (QED) is 0.328. The van der Waals surface area contributed by atoms with E-state index in [1.807, 2.05) is 24.3 Å². The monoisotopic (exact) mass is 510 g/mol. The van der Waals surface area contributed by atoms with E-state index < -0.39 is 0 Å². The average molecular weight is 512 g/mol. The zero-order chi connectivity index (χ0) is 19.8. The van der Waals surface area contributed by atoms with Crippen LogP contribution in [0.2, 0.25) is 0 Å². The molecule has 3 nitrogen and oxygen atoms in total.